The number of carbonyl (C=O) groups is 3. The number of para-hydroxylation sites is 1. The summed E-state index contributed by atoms with van der Waals surface area (Å²) in [6.07, 6.45) is 15.6. The number of aryl methyl sites for hydroxylation is 2. The quantitative estimate of drug-likeness (QED) is 0.0327. The average molecular weight is 898 g/mol. The van der Waals surface area contributed by atoms with Crippen molar-refractivity contribution in [3.8, 4) is 17.2 Å². The number of ketones is 1. The van der Waals surface area contributed by atoms with Crippen LogP contribution in [-0.2, 0) is 26.3 Å². The third-order valence-electron chi connectivity index (χ3n) is 11.9. The number of hydrogen-bond donors (Lipinski definition) is 4. The van der Waals surface area contributed by atoms with Crippen molar-refractivity contribution in [2.24, 2.45) is 11.3 Å². The Morgan fingerprint density at radius 3 is 1.83 bits per heavy atom. The van der Waals surface area contributed by atoms with Gasteiger partial charge in [-0.05, 0) is 98.4 Å². The lowest BCUT2D eigenvalue weighted by molar-refractivity contribution is -0.129. The lowest BCUT2D eigenvalue weighted by Gasteiger charge is -2.33. The maximum Gasteiger partial charge on any atom is 0.353 e. The Bertz CT molecular complexity index is 2280. The Labute approximate surface area is 387 Å². The summed E-state index contributed by atoms with van der Waals surface area (Å²) in [6.45, 7) is 21.9. The molecule has 0 aliphatic heterocycles. The fraction of sp³-hybridized carbons (Fsp3) is 0.566. The minimum absolute atomic E-state index is 0.102. The van der Waals surface area contributed by atoms with E-state index in [0.29, 0.717) is 34.6 Å². The molecule has 0 bridgehead atoms. The lowest BCUT2D eigenvalue weighted by atomic mass is 9.72. The second kappa shape index (κ2) is 25.3. The number of hydrogen-bond acceptors (Lipinski definition) is 7. The molecule has 358 valence electrons. The molecule has 2 atom stereocenters. The van der Waals surface area contributed by atoms with E-state index in [1.165, 1.54) is 67.7 Å². The summed E-state index contributed by atoms with van der Waals surface area (Å²) in [7, 11) is 0. The topological polar surface area (TPSA) is 165 Å². The maximum absolute atomic E-state index is 13.7. The predicted molar refractivity (Wildman–Crippen MR) is 265 cm³/mol. The minimum Gasteiger partial charge on any atom is -0.508 e. The molecule has 3 aromatic carbocycles. The highest BCUT2D eigenvalue weighted by molar-refractivity contribution is 6.08. The Morgan fingerprint density at radius 1 is 0.677 bits per heavy atom. The van der Waals surface area contributed by atoms with E-state index in [9.17, 15) is 34.2 Å². The van der Waals surface area contributed by atoms with E-state index < -0.39 is 29.1 Å². The summed E-state index contributed by atoms with van der Waals surface area (Å²) in [5.74, 6) is -1.21. The Morgan fingerprint density at radius 2 is 1.26 bits per heavy atom. The van der Waals surface area contributed by atoms with Crippen molar-refractivity contribution in [1.82, 2.24) is 13.9 Å². The van der Waals surface area contributed by atoms with Crippen molar-refractivity contribution in [2.45, 2.75) is 184 Å². The van der Waals surface area contributed by atoms with E-state index >= 15 is 0 Å². The molecule has 0 spiro atoms. The molecule has 12 nitrogen and oxygen atoms in total. The minimum atomic E-state index is -1.68. The normalized spacial score (nSPS) is 12.5. The number of amides is 2. The van der Waals surface area contributed by atoms with Crippen LogP contribution in [0.1, 0.15) is 175 Å². The third kappa shape index (κ3) is 16.2. The molecular formula is C53H79N5O7. The van der Waals surface area contributed by atoms with E-state index in [1.807, 2.05) is 13.8 Å². The van der Waals surface area contributed by atoms with Crippen LogP contribution in [0.3, 0.4) is 0 Å². The molecule has 12 heteroatoms. The number of nitrogens with one attached hydrogen (secondary N) is 2. The van der Waals surface area contributed by atoms with E-state index in [-0.39, 0.29) is 40.7 Å². The first-order valence-corrected chi connectivity index (χ1v) is 23.9. The van der Waals surface area contributed by atoms with Crippen molar-refractivity contribution in [1.29, 1.82) is 0 Å². The summed E-state index contributed by atoms with van der Waals surface area (Å²) >= 11 is 0. The van der Waals surface area contributed by atoms with Gasteiger partial charge in [0.25, 0.3) is 5.91 Å². The Balaban J connectivity index is 0.000000552. The molecule has 65 heavy (non-hydrogen) atoms. The van der Waals surface area contributed by atoms with Gasteiger partial charge in [0, 0.05) is 29.4 Å². The molecule has 0 saturated heterocycles. The van der Waals surface area contributed by atoms with Crippen molar-refractivity contribution in [2.75, 3.05) is 10.6 Å². The van der Waals surface area contributed by atoms with Gasteiger partial charge in [0.1, 0.15) is 11.5 Å². The number of benzene rings is 3. The zero-order chi connectivity index (χ0) is 48.5. The number of nitrogens with zero attached hydrogens (tertiary/aromatic N) is 3. The van der Waals surface area contributed by atoms with Crippen LogP contribution in [0.2, 0.25) is 0 Å². The van der Waals surface area contributed by atoms with Crippen molar-refractivity contribution in [3.63, 3.8) is 0 Å². The molecular weight excluding hydrogens is 819 g/mol. The number of unbranched alkanes of at least 4 members (excludes halogenated alkanes) is 10. The molecule has 4 rings (SSSR count). The van der Waals surface area contributed by atoms with Gasteiger partial charge >= 0.3 is 11.4 Å². The second-order valence-electron chi connectivity index (χ2n) is 19.7. The van der Waals surface area contributed by atoms with Gasteiger partial charge in [-0.15, -0.1) is 0 Å². The van der Waals surface area contributed by atoms with Crippen LogP contribution >= 0.6 is 0 Å². The van der Waals surface area contributed by atoms with Crippen molar-refractivity contribution >= 4 is 29.0 Å². The molecule has 1 aromatic heterocycles. The van der Waals surface area contributed by atoms with E-state index in [0.717, 1.165) is 42.2 Å². The average Bonchev–Trinajstić information content (AvgIpc) is 3.47. The first-order valence-electron chi connectivity index (χ1n) is 23.9. The number of aromatic nitrogens is 3. The number of anilines is 2. The highest BCUT2D eigenvalue weighted by Crippen LogP contribution is 2.42. The fourth-order valence-electron chi connectivity index (χ4n) is 8.54. The highest BCUT2D eigenvalue weighted by atomic mass is 16.3. The molecule has 4 N–H and O–H groups in total. The lowest BCUT2D eigenvalue weighted by Crippen LogP contribution is -2.42. The summed E-state index contributed by atoms with van der Waals surface area (Å²) < 4.78 is 3.23. The molecule has 0 fully saturated rings. The standard InChI is InChI=1S/C38H55N5O5.C15H24O2/c1-6-8-10-11-12-13-14-15-16-18-21-29(4)35(45)39-31-25-24-28(3)33(27-31)40-36(46)34(30(5)44)42-37(47)41(26-9-7-2)43(38(42)48)32-22-19-17-20-23-32;1-10-7-13(17)11(8-12(10)16)15(5,6)9-14(2,3)4/h17,19-20,22-25,27,29,34H,6-16,18,21,26H2,1-5H3,(H,39,45)(H,40,46);7-8,16-17H,9H2,1-6H3. The zero-order valence-corrected chi connectivity index (χ0v) is 41.3. The van der Waals surface area contributed by atoms with Gasteiger partial charge < -0.3 is 20.8 Å². The second-order valence-corrected chi connectivity index (χ2v) is 19.7. The molecule has 0 aliphatic rings. The predicted octanol–water partition coefficient (Wildman–Crippen LogP) is 11.7. The first kappa shape index (κ1) is 53.9. The SMILES string of the molecule is CCCCCCCCCCCCC(C)C(=O)Nc1ccc(C)c(NC(=O)C(C(C)=O)n2c(=O)n(CCCC)n(-c3ccccc3)c2=O)c1.Cc1cc(O)c(C(C)(C)CC(C)(C)C)cc1O. The van der Waals surface area contributed by atoms with E-state index in [2.05, 4.69) is 52.2 Å². The van der Waals surface area contributed by atoms with Crippen LogP contribution in [0.15, 0.2) is 70.3 Å². The van der Waals surface area contributed by atoms with Gasteiger partial charge in [-0.3, -0.25) is 14.4 Å². The van der Waals surface area contributed by atoms with Crippen LogP contribution in [0.4, 0.5) is 11.4 Å². The highest BCUT2D eigenvalue weighted by Gasteiger charge is 2.33. The van der Waals surface area contributed by atoms with E-state index in [4.69, 9.17) is 0 Å². The third-order valence-corrected chi connectivity index (χ3v) is 11.9. The molecule has 1 heterocycles. The number of aromatic hydroxyl groups is 2. The first-order chi connectivity index (χ1) is 30.6. The maximum atomic E-state index is 13.7. The largest absolute Gasteiger partial charge is 0.508 e. The Kier molecular flexibility index (Phi) is 21.0. The van der Waals surface area contributed by atoms with Gasteiger partial charge in [0.15, 0.2) is 11.8 Å². The smallest absolute Gasteiger partial charge is 0.353 e. The molecule has 4 aromatic rings. The number of Topliss-reactive ketones (excluding diaryl/α,β-unsaturated/α-hetero) is 1. The number of rotatable bonds is 23. The van der Waals surface area contributed by atoms with Gasteiger partial charge in [0.05, 0.1) is 5.69 Å². The number of phenolic OH excluding ortho intramolecular Hbond substituents is 2. The van der Waals surface area contributed by atoms with Crippen LogP contribution in [0.25, 0.3) is 5.69 Å². The van der Waals surface area contributed by atoms with Crippen LogP contribution < -0.4 is 22.0 Å². The van der Waals surface area contributed by atoms with Gasteiger partial charge in [-0.2, -0.15) is 4.68 Å². The molecule has 2 amide bonds. The van der Waals surface area contributed by atoms with Crippen LogP contribution in [-0.4, -0.2) is 41.7 Å². The fourth-order valence-corrected chi connectivity index (χ4v) is 8.54. The molecule has 0 saturated carbocycles. The van der Waals surface area contributed by atoms with Gasteiger partial charge in [-0.1, -0.05) is 150 Å². The van der Waals surface area contributed by atoms with Gasteiger partial charge in [-0.25, -0.2) is 18.8 Å². The van der Waals surface area contributed by atoms with Gasteiger partial charge in [0.2, 0.25) is 5.91 Å². The van der Waals surface area contributed by atoms with Crippen LogP contribution in [0, 0.1) is 25.2 Å². The molecule has 0 aliphatic carbocycles. The van der Waals surface area contributed by atoms with Crippen molar-refractivity contribution < 1.29 is 24.6 Å². The summed E-state index contributed by atoms with van der Waals surface area (Å²) in [4.78, 5) is 66.8. The molecule has 2 unspecified atom stereocenters. The molecule has 0 radical (unpaired) electrons. The van der Waals surface area contributed by atoms with Crippen molar-refractivity contribution in [3.05, 3.63) is 98.3 Å². The Hall–Kier alpha value is -5.39. The number of phenols is 2. The summed E-state index contributed by atoms with van der Waals surface area (Å²) in [6, 6.07) is 15.5. The van der Waals surface area contributed by atoms with E-state index in [1.54, 1.807) is 74.5 Å². The monoisotopic (exact) mass is 898 g/mol. The summed E-state index contributed by atoms with van der Waals surface area (Å²) in [5.41, 5.74) is 2.05. The number of carbonyl (C=O) groups excluding carboxylic acids is 3. The zero-order valence-electron chi connectivity index (χ0n) is 41.3. The summed E-state index contributed by atoms with van der Waals surface area (Å²) in [5, 5.41) is 25.5. The van der Waals surface area contributed by atoms with Crippen LogP contribution in [0.5, 0.6) is 11.5 Å².